The molecule has 0 unspecified atom stereocenters. The lowest BCUT2D eigenvalue weighted by Crippen LogP contribution is -2.31. The van der Waals surface area contributed by atoms with Crippen molar-refractivity contribution in [1.29, 1.82) is 0 Å². The van der Waals surface area contributed by atoms with Gasteiger partial charge in [0.05, 0.1) is 6.04 Å². The quantitative estimate of drug-likeness (QED) is 0.725. The van der Waals surface area contributed by atoms with Crippen LogP contribution in [0.2, 0.25) is 0 Å². The second kappa shape index (κ2) is 7.26. The number of rotatable bonds is 5. The van der Waals surface area contributed by atoms with E-state index in [9.17, 15) is 13.6 Å². The minimum Gasteiger partial charge on any atom is -0.338 e. The van der Waals surface area contributed by atoms with Gasteiger partial charge in [-0.15, -0.1) is 0 Å². The third-order valence-electron chi connectivity index (χ3n) is 4.82. The molecular formula is C20H18F2N4O. The normalized spacial score (nSPS) is 14.0. The second-order valence-electron chi connectivity index (χ2n) is 6.54. The summed E-state index contributed by atoms with van der Waals surface area (Å²) < 4.78 is 27.2. The highest BCUT2D eigenvalue weighted by molar-refractivity contribution is 5.94. The van der Waals surface area contributed by atoms with E-state index in [1.807, 2.05) is 0 Å². The summed E-state index contributed by atoms with van der Waals surface area (Å²) in [6.07, 6.45) is 4.12. The van der Waals surface area contributed by atoms with Crippen molar-refractivity contribution in [3.63, 3.8) is 0 Å². The Bertz CT molecular complexity index is 968. The van der Waals surface area contributed by atoms with Crippen LogP contribution in [0.25, 0.3) is 0 Å². The summed E-state index contributed by atoms with van der Waals surface area (Å²) in [4.78, 5) is 17.0. The smallest absolute Gasteiger partial charge is 0.272 e. The standard InChI is InChI=1S/C20H18F2N4O/c21-11-12-6-8-13(9-7-12)17(19-15(22)4-2-10-23-19)24-20(27)18-14-3-1-5-16(14)25-26-18/h2,4,6-10,17H,1,3,5,11H2,(H,24,27)(H,25,26)/t17-/m0/s1. The van der Waals surface area contributed by atoms with Crippen molar-refractivity contribution in [2.24, 2.45) is 0 Å². The zero-order valence-corrected chi connectivity index (χ0v) is 14.5. The predicted octanol–water partition coefficient (Wildman–Crippen LogP) is 3.42. The maximum atomic E-state index is 14.4. The fraction of sp³-hybridized carbons (Fsp3) is 0.250. The summed E-state index contributed by atoms with van der Waals surface area (Å²) >= 11 is 0. The number of aromatic amines is 1. The van der Waals surface area contributed by atoms with Crippen LogP contribution in [0.3, 0.4) is 0 Å². The van der Waals surface area contributed by atoms with Crippen molar-refractivity contribution in [2.75, 3.05) is 0 Å². The molecule has 1 aromatic carbocycles. The Morgan fingerprint density at radius 2 is 2.04 bits per heavy atom. The predicted molar refractivity (Wildman–Crippen MR) is 95.4 cm³/mol. The molecule has 2 aromatic heterocycles. The molecule has 0 fully saturated rings. The topological polar surface area (TPSA) is 70.7 Å². The third-order valence-corrected chi connectivity index (χ3v) is 4.82. The number of fused-ring (bicyclic) bond motifs is 1. The number of nitrogens with one attached hydrogen (secondary N) is 2. The molecule has 1 aliphatic carbocycles. The van der Waals surface area contributed by atoms with Gasteiger partial charge in [0.25, 0.3) is 5.91 Å². The molecule has 1 amide bonds. The largest absolute Gasteiger partial charge is 0.338 e. The van der Waals surface area contributed by atoms with Crippen molar-refractivity contribution in [2.45, 2.75) is 32.0 Å². The number of alkyl halides is 1. The van der Waals surface area contributed by atoms with Gasteiger partial charge in [-0.25, -0.2) is 8.78 Å². The van der Waals surface area contributed by atoms with Crippen LogP contribution in [-0.2, 0) is 19.5 Å². The maximum Gasteiger partial charge on any atom is 0.272 e. The fourth-order valence-corrected chi connectivity index (χ4v) is 3.43. The van der Waals surface area contributed by atoms with Gasteiger partial charge in [-0.2, -0.15) is 5.10 Å². The van der Waals surface area contributed by atoms with E-state index in [1.165, 1.54) is 18.3 Å². The summed E-state index contributed by atoms with van der Waals surface area (Å²) in [5.41, 5.74) is 3.46. The van der Waals surface area contributed by atoms with Crippen LogP contribution in [0.5, 0.6) is 0 Å². The number of amides is 1. The molecule has 7 heteroatoms. The zero-order chi connectivity index (χ0) is 18.8. The van der Waals surface area contributed by atoms with Crippen molar-refractivity contribution >= 4 is 5.91 Å². The molecule has 2 heterocycles. The van der Waals surface area contributed by atoms with Crippen LogP contribution in [0, 0.1) is 5.82 Å². The Hall–Kier alpha value is -3.09. The molecule has 2 N–H and O–H groups in total. The molecule has 0 spiro atoms. The SMILES string of the molecule is O=C(N[C@@H](c1ccc(CF)cc1)c1ncccc1F)c1n[nH]c2c1CCC2. The van der Waals surface area contributed by atoms with Crippen LogP contribution in [0.4, 0.5) is 8.78 Å². The number of H-pyrrole nitrogens is 1. The molecule has 138 valence electrons. The van der Waals surface area contributed by atoms with Gasteiger partial charge in [0.1, 0.15) is 18.2 Å². The van der Waals surface area contributed by atoms with Crippen molar-refractivity contribution in [1.82, 2.24) is 20.5 Å². The Balaban J connectivity index is 1.69. The Kier molecular flexibility index (Phi) is 4.66. The number of aromatic nitrogens is 3. The summed E-state index contributed by atoms with van der Waals surface area (Å²) in [5, 5.41) is 9.87. The van der Waals surface area contributed by atoms with E-state index in [2.05, 4.69) is 20.5 Å². The molecule has 3 aromatic rings. The van der Waals surface area contributed by atoms with Crippen molar-refractivity contribution in [3.8, 4) is 0 Å². The number of carbonyl (C=O) groups is 1. The number of hydrogen-bond donors (Lipinski definition) is 2. The Labute approximate surface area is 154 Å². The fourth-order valence-electron chi connectivity index (χ4n) is 3.43. The van der Waals surface area contributed by atoms with Gasteiger partial charge in [-0.1, -0.05) is 24.3 Å². The average molecular weight is 368 g/mol. The third kappa shape index (κ3) is 3.32. The molecule has 1 aliphatic rings. The number of hydrogen-bond acceptors (Lipinski definition) is 3. The van der Waals surface area contributed by atoms with E-state index in [1.54, 1.807) is 24.3 Å². The highest BCUT2D eigenvalue weighted by Gasteiger charge is 2.27. The number of carbonyl (C=O) groups excluding carboxylic acids is 1. The lowest BCUT2D eigenvalue weighted by molar-refractivity contribution is 0.0935. The van der Waals surface area contributed by atoms with Crippen molar-refractivity contribution < 1.29 is 13.6 Å². The minimum absolute atomic E-state index is 0.103. The lowest BCUT2D eigenvalue weighted by Gasteiger charge is -2.19. The van der Waals surface area contributed by atoms with E-state index < -0.39 is 18.5 Å². The molecule has 0 saturated carbocycles. The highest BCUT2D eigenvalue weighted by atomic mass is 19.1. The Morgan fingerprint density at radius 1 is 1.22 bits per heavy atom. The zero-order valence-electron chi connectivity index (χ0n) is 14.5. The molecule has 4 rings (SSSR count). The van der Waals surface area contributed by atoms with Gasteiger partial charge in [-0.05, 0) is 42.5 Å². The van der Waals surface area contributed by atoms with Gasteiger partial charge < -0.3 is 5.32 Å². The number of benzene rings is 1. The van der Waals surface area contributed by atoms with Gasteiger partial charge in [0, 0.05) is 17.5 Å². The van der Waals surface area contributed by atoms with Crippen LogP contribution in [0.15, 0.2) is 42.6 Å². The van der Waals surface area contributed by atoms with E-state index in [0.717, 1.165) is 30.5 Å². The van der Waals surface area contributed by atoms with E-state index in [-0.39, 0.29) is 11.6 Å². The molecule has 0 bridgehead atoms. The molecule has 0 radical (unpaired) electrons. The minimum atomic E-state index is -0.805. The van der Waals surface area contributed by atoms with Crippen LogP contribution in [-0.4, -0.2) is 21.1 Å². The second-order valence-corrected chi connectivity index (χ2v) is 6.54. The van der Waals surface area contributed by atoms with E-state index in [4.69, 9.17) is 0 Å². The van der Waals surface area contributed by atoms with Crippen LogP contribution in [0.1, 0.15) is 51.0 Å². The number of aryl methyl sites for hydroxylation is 1. The molecule has 0 aliphatic heterocycles. The molecule has 0 saturated heterocycles. The first-order valence-electron chi connectivity index (χ1n) is 8.79. The maximum absolute atomic E-state index is 14.4. The first kappa shape index (κ1) is 17.3. The number of halogens is 2. The average Bonchev–Trinajstić information content (AvgIpc) is 3.30. The van der Waals surface area contributed by atoms with E-state index in [0.29, 0.717) is 16.8 Å². The Morgan fingerprint density at radius 3 is 2.78 bits per heavy atom. The van der Waals surface area contributed by atoms with Crippen LogP contribution < -0.4 is 5.32 Å². The van der Waals surface area contributed by atoms with Crippen LogP contribution >= 0.6 is 0 Å². The van der Waals surface area contributed by atoms with Crippen molar-refractivity contribution in [3.05, 3.63) is 82.2 Å². The summed E-state index contributed by atoms with van der Waals surface area (Å²) in [6.45, 7) is -0.589. The molecule has 5 nitrogen and oxygen atoms in total. The summed E-state index contributed by atoms with van der Waals surface area (Å²) in [7, 11) is 0. The van der Waals surface area contributed by atoms with Gasteiger partial charge in [-0.3, -0.25) is 14.9 Å². The highest BCUT2D eigenvalue weighted by Crippen LogP contribution is 2.26. The first-order valence-corrected chi connectivity index (χ1v) is 8.79. The number of pyridine rings is 1. The monoisotopic (exact) mass is 368 g/mol. The van der Waals surface area contributed by atoms with E-state index >= 15 is 0 Å². The summed E-state index contributed by atoms with van der Waals surface area (Å²) in [6, 6.07) is 8.55. The molecule has 27 heavy (non-hydrogen) atoms. The first-order chi connectivity index (χ1) is 13.2. The van der Waals surface area contributed by atoms with Gasteiger partial charge in [0.15, 0.2) is 5.69 Å². The summed E-state index contributed by atoms with van der Waals surface area (Å²) in [5.74, 6) is -0.913. The van der Waals surface area contributed by atoms with Gasteiger partial charge >= 0.3 is 0 Å². The number of nitrogens with zero attached hydrogens (tertiary/aromatic N) is 2. The molecule has 1 atom stereocenters. The van der Waals surface area contributed by atoms with Gasteiger partial charge in [0.2, 0.25) is 0 Å². The molecular weight excluding hydrogens is 350 g/mol. The lowest BCUT2D eigenvalue weighted by atomic mass is 10.0.